The van der Waals surface area contributed by atoms with Gasteiger partial charge in [0.15, 0.2) is 0 Å². The number of hydrogen-bond donors (Lipinski definition) is 1. The Kier molecular flexibility index (Phi) is 3.83. The highest BCUT2D eigenvalue weighted by Gasteiger charge is 2.29. The maximum Gasteiger partial charge on any atom is 0.417 e. The number of anilines is 1. The maximum atomic E-state index is 12.0. The molecule has 0 aliphatic heterocycles. The van der Waals surface area contributed by atoms with Crippen LogP contribution in [0.5, 0.6) is 0 Å². The summed E-state index contributed by atoms with van der Waals surface area (Å²) in [5.74, 6) is 0.416. The average Bonchev–Trinajstić information content (AvgIpc) is 2.49. The molecule has 1 N–H and O–H groups in total. The molecule has 0 radical (unpaired) electrons. The second-order valence-corrected chi connectivity index (χ2v) is 5.88. The molecular formula is C16H18N2O4. The topological polar surface area (TPSA) is 85.4 Å². The number of benzene rings is 1. The number of hydrogen-bond acceptors (Lipinski definition) is 5. The van der Waals surface area contributed by atoms with Gasteiger partial charge in [0.05, 0.1) is 4.92 Å². The number of nitrogens with zero attached hydrogens (tertiary/aromatic N) is 1. The Morgan fingerprint density at radius 2 is 2.00 bits per heavy atom. The van der Waals surface area contributed by atoms with Crippen molar-refractivity contribution in [3.63, 3.8) is 0 Å². The van der Waals surface area contributed by atoms with Gasteiger partial charge in [0, 0.05) is 11.4 Å². The van der Waals surface area contributed by atoms with Crippen molar-refractivity contribution in [2.24, 2.45) is 5.92 Å². The lowest BCUT2D eigenvalue weighted by Crippen LogP contribution is -2.31. The van der Waals surface area contributed by atoms with E-state index >= 15 is 0 Å². The van der Waals surface area contributed by atoms with Crippen LogP contribution in [0.4, 0.5) is 11.4 Å². The molecule has 6 nitrogen and oxygen atoms in total. The van der Waals surface area contributed by atoms with Crippen LogP contribution in [0, 0.1) is 16.0 Å². The van der Waals surface area contributed by atoms with Gasteiger partial charge in [-0.3, -0.25) is 10.1 Å². The molecule has 1 fully saturated rings. The van der Waals surface area contributed by atoms with Crippen molar-refractivity contribution in [3.05, 3.63) is 44.8 Å². The van der Waals surface area contributed by atoms with Gasteiger partial charge in [0.1, 0.15) is 11.3 Å². The monoisotopic (exact) mass is 302 g/mol. The molecule has 2 atom stereocenters. The minimum absolute atomic E-state index is 0.137. The summed E-state index contributed by atoms with van der Waals surface area (Å²) in [6.07, 6.45) is 4.31. The smallest absolute Gasteiger partial charge is 0.417 e. The molecule has 0 bridgehead atoms. The van der Waals surface area contributed by atoms with Gasteiger partial charge >= 0.3 is 11.3 Å². The van der Waals surface area contributed by atoms with Gasteiger partial charge in [-0.15, -0.1) is 0 Å². The van der Waals surface area contributed by atoms with Crippen molar-refractivity contribution in [1.29, 1.82) is 0 Å². The number of nitrogens with one attached hydrogen (secondary N) is 1. The third-order valence-corrected chi connectivity index (χ3v) is 4.41. The molecule has 0 saturated heterocycles. The molecule has 3 rings (SSSR count). The Labute approximate surface area is 127 Å². The second kappa shape index (κ2) is 5.79. The maximum absolute atomic E-state index is 12.0. The third kappa shape index (κ3) is 2.56. The van der Waals surface area contributed by atoms with Crippen LogP contribution in [0.1, 0.15) is 32.6 Å². The van der Waals surface area contributed by atoms with Crippen LogP contribution in [-0.2, 0) is 0 Å². The minimum atomic E-state index is -0.908. The van der Waals surface area contributed by atoms with Gasteiger partial charge in [-0.25, -0.2) is 4.79 Å². The van der Waals surface area contributed by atoms with Gasteiger partial charge in [-0.05, 0) is 30.9 Å². The standard InChI is InChI=1S/C16H18N2O4/c1-10-6-2-4-8-12(10)17-14-11-7-3-5-9-13(11)22-16(19)15(14)18(20)21/h3,5,7,9-10,12,17H,2,4,6,8H2,1H3/t10-,12+/m1/s1. The Morgan fingerprint density at radius 3 is 2.73 bits per heavy atom. The summed E-state index contributed by atoms with van der Waals surface area (Å²) in [4.78, 5) is 22.6. The van der Waals surface area contributed by atoms with Gasteiger partial charge in [0.25, 0.3) is 0 Å². The van der Waals surface area contributed by atoms with Crippen molar-refractivity contribution in [3.8, 4) is 0 Å². The first-order valence-electron chi connectivity index (χ1n) is 7.54. The molecule has 0 unspecified atom stereocenters. The predicted octanol–water partition coefficient (Wildman–Crippen LogP) is 3.69. The normalized spacial score (nSPS) is 21.7. The SMILES string of the molecule is C[C@@H]1CCCC[C@@H]1Nc1c([N+](=O)[O-])c(=O)oc2ccccc12. The van der Waals surface area contributed by atoms with E-state index in [-0.39, 0.29) is 11.7 Å². The van der Waals surface area contributed by atoms with Crippen molar-refractivity contribution >= 4 is 22.3 Å². The lowest BCUT2D eigenvalue weighted by atomic mass is 9.85. The van der Waals surface area contributed by atoms with Crippen molar-refractivity contribution in [2.75, 3.05) is 5.32 Å². The summed E-state index contributed by atoms with van der Waals surface area (Å²) in [5.41, 5.74) is -0.759. The fourth-order valence-corrected chi connectivity index (χ4v) is 3.17. The van der Waals surface area contributed by atoms with E-state index in [2.05, 4.69) is 12.2 Å². The molecule has 6 heteroatoms. The molecule has 1 aromatic heterocycles. The van der Waals surface area contributed by atoms with E-state index in [1.165, 1.54) is 6.42 Å². The molecule has 116 valence electrons. The van der Waals surface area contributed by atoms with Crippen LogP contribution in [0.15, 0.2) is 33.5 Å². The number of nitro groups is 1. The zero-order chi connectivity index (χ0) is 15.7. The number of para-hydroxylation sites is 1. The number of rotatable bonds is 3. The van der Waals surface area contributed by atoms with Crippen LogP contribution >= 0.6 is 0 Å². The Bertz CT molecular complexity index is 768. The van der Waals surface area contributed by atoms with E-state index in [0.29, 0.717) is 16.9 Å². The van der Waals surface area contributed by atoms with E-state index in [1.807, 2.05) is 0 Å². The molecule has 0 amide bonds. The summed E-state index contributed by atoms with van der Waals surface area (Å²) < 4.78 is 5.07. The third-order valence-electron chi connectivity index (χ3n) is 4.41. The molecule has 1 aliphatic rings. The van der Waals surface area contributed by atoms with E-state index < -0.39 is 16.2 Å². The first-order valence-corrected chi connectivity index (χ1v) is 7.54. The highest BCUT2D eigenvalue weighted by molar-refractivity contribution is 5.94. The molecule has 1 aromatic carbocycles. The van der Waals surface area contributed by atoms with Crippen LogP contribution in [0.3, 0.4) is 0 Å². The molecule has 0 spiro atoms. The van der Waals surface area contributed by atoms with Crippen molar-refractivity contribution in [1.82, 2.24) is 0 Å². The zero-order valence-corrected chi connectivity index (χ0v) is 12.4. The molecule has 1 aliphatic carbocycles. The molecular weight excluding hydrogens is 284 g/mol. The van der Waals surface area contributed by atoms with Crippen LogP contribution in [0.2, 0.25) is 0 Å². The molecule has 22 heavy (non-hydrogen) atoms. The molecule has 1 saturated carbocycles. The van der Waals surface area contributed by atoms with E-state index in [1.54, 1.807) is 24.3 Å². The predicted molar refractivity (Wildman–Crippen MR) is 84.2 cm³/mol. The largest absolute Gasteiger partial charge is 0.418 e. The summed E-state index contributed by atoms with van der Waals surface area (Å²) in [6.45, 7) is 2.14. The van der Waals surface area contributed by atoms with Gasteiger partial charge in [-0.2, -0.15) is 0 Å². The zero-order valence-electron chi connectivity index (χ0n) is 12.4. The Balaban J connectivity index is 2.14. The Hall–Kier alpha value is -2.37. The van der Waals surface area contributed by atoms with E-state index in [4.69, 9.17) is 4.42 Å². The number of fused-ring (bicyclic) bond motifs is 1. The molecule has 1 heterocycles. The summed E-state index contributed by atoms with van der Waals surface area (Å²) in [5, 5.41) is 15.2. The van der Waals surface area contributed by atoms with Crippen LogP contribution in [0.25, 0.3) is 11.0 Å². The van der Waals surface area contributed by atoms with Crippen molar-refractivity contribution in [2.45, 2.75) is 38.6 Å². The summed E-state index contributed by atoms with van der Waals surface area (Å²) >= 11 is 0. The fraction of sp³-hybridized carbons (Fsp3) is 0.438. The molecule has 2 aromatic rings. The average molecular weight is 302 g/mol. The lowest BCUT2D eigenvalue weighted by molar-refractivity contribution is -0.386. The first-order chi connectivity index (χ1) is 10.6. The van der Waals surface area contributed by atoms with Gasteiger partial charge < -0.3 is 9.73 Å². The first kappa shape index (κ1) is 14.6. The van der Waals surface area contributed by atoms with E-state index in [9.17, 15) is 14.9 Å². The van der Waals surface area contributed by atoms with Gasteiger partial charge in [-0.1, -0.05) is 31.9 Å². The quantitative estimate of drug-likeness (QED) is 0.531. The summed E-state index contributed by atoms with van der Waals surface area (Å²) in [6, 6.07) is 7.04. The highest BCUT2D eigenvalue weighted by atomic mass is 16.6. The van der Waals surface area contributed by atoms with Gasteiger partial charge in [0.2, 0.25) is 0 Å². The summed E-state index contributed by atoms with van der Waals surface area (Å²) in [7, 11) is 0. The van der Waals surface area contributed by atoms with E-state index in [0.717, 1.165) is 19.3 Å². The van der Waals surface area contributed by atoms with Crippen LogP contribution < -0.4 is 10.9 Å². The van der Waals surface area contributed by atoms with Crippen molar-refractivity contribution < 1.29 is 9.34 Å². The fourth-order valence-electron chi connectivity index (χ4n) is 3.17. The Morgan fingerprint density at radius 1 is 1.27 bits per heavy atom. The second-order valence-electron chi connectivity index (χ2n) is 5.88. The lowest BCUT2D eigenvalue weighted by Gasteiger charge is -2.30. The highest BCUT2D eigenvalue weighted by Crippen LogP contribution is 2.34. The van der Waals surface area contributed by atoms with Crippen LogP contribution in [-0.4, -0.2) is 11.0 Å². The minimum Gasteiger partial charge on any atom is -0.418 e.